The molecule has 0 saturated heterocycles. The minimum absolute atomic E-state index is 0.0667. The maximum absolute atomic E-state index is 13.2. The Morgan fingerprint density at radius 1 is 1.29 bits per heavy atom. The van der Waals surface area contributed by atoms with Gasteiger partial charge in [0.25, 0.3) is 0 Å². The molecule has 0 spiro atoms. The first-order chi connectivity index (χ1) is 10.2. The maximum atomic E-state index is 13.2. The lowest BCUT2D eigenvalue weighted by molar-refractivity contribution is 0.398. The first-order valence-corrected chi connectivity index (χ1v) is 7.29. The smallest absolute Gasteiger partial charge is 0.161 e. The second-order valence-corrected chi connectivity index (χ2v) is 4.85. The Balaban J connectivity index is 2.44. The first-order valence-electron chi connectivity index (χ1n) is 7.29. The molecule has 1 aromatic carbocycles. The van der Waals surface area contributed by atoms with Gasteiger partial charge in [0.15, 0.2) is 5.75 Å². The van der Waals surface area contributed by atoms with Gasteiger partial charge in [-0.15, -0.1) is 0 Å². The third-order valence-electron chi connectivity index (χ3n) is 3.44. The van der Waals surface area contributed by atoms with Crippen LogP contribution in [0.3, 0.4) is 0 Å². The second kappa shape index (κ2) is 7.22. The van der Waals surface area contributed by atoms with E-state index in [9.17, 15) is 4.39 Å². The average molecular weight is 291 g/mol. The van der Waals surface area contributed by atoms with Gasteiger partial charge in [0.1, 0.15) is 11.5 Å². The van der Waals surface area contributed by atoms with Crippen LogP contribution in [-0.4, -0.2) is 23.4 Å². The highest BCUT2D eigenvalue weighted by molar-refractivity contribution is 5.36. The van der Waals surface area contributed by atoms with Crippen molar-refractivity contribution in [1.29, 1.82) is 0 Å². The van der Waals surface area contributed by atoms with Crippen molar-refractivity contribution in [3.63, 3.8) is 0 Å². The molecule has 5 heteroatoms. The summed E-state index contributed by atoms with van der Waals surface area (Å²) in [6.45, 7) is 5.77. The predicted octanol–water partition coefficient (Wildman–Crippen LogP) is 3.14. The fourth-order valence-corrected chi connectivity index (χ4v) is 2.39. The van der Waals surface area contributed by atoms with Gasteiger partial charge in [0, 0.05) is 6.54 Å². The third-order valence-corrected chi connectivity index (χ3v) is 3.44. The molecule has 0 bridgehead atoms. The molecule has 1 unspecified atom stereocenters. The van der Waals surface area contributed by atoms with Gasteiger partial charge in [0.05, 0.1) is 19.3 Å². The van der Waals surface area contributed by atoms with Crippen LogP contribution >= 0.6 is 0 Å². The number of methoxy groups -OCH3 is 1. The van der Waals surface area contributed by atoms with Crippen molar-refractivity contribution >= 4 is 0 Å². The van der Waals surface area contributed by atoms with Crippen molar-refractivity contribution in [2.24, 2.45) is 0 Å². The number of hydrogen-bond donors (Lipinski definition) is 1. The lowest BCUT2D eigenvalue weighted by Gasteiger charge is -2.21. The number of ether oxygens (including phenoxy) is 1. The van der Waals surface area contributed by atoms with Gasteiger partial charge in [-0.3, -0.25) is 4.68 Å². The summed E-state index contributed by atoms with van der Waals surface area (Å²) < 4.78 is 20.5. The Kier molecular flexibility index (Phi) is 5.33. The van der Waals surface area contributed by atoms with Crippen LogP contribution in [0.5, 0.6) is 5.75 Å². The Bertz CT molecular complexity index is 544. The van der Waals surface area contributed by atoms with E-state index in [1.165, 1.54) is 12.1 Å². The Morgan fingerprint density at radius 2 is 2.00 bits per heavy atom. The highest BCUT2D eigenvalue weighted by Gasteiger charge is 2.22. The van der Waals surface area contributed by atoms with Crippen molar-refractivity contribution in [3.8, 4) is 5.75 Å². The van der Waals surface area contributed by atoms with E-state index in [1.54, 1.807) is 25.4 Å². The lowest BCUT2D eigenvalue weighted by atomic mass is 10.0. The summed E-state index contributed by atoms with van der Waals surface area (Å²) in [6.07, 6.45) is 2.74. The Hall–Kier alpha value is -1.88. The molecule has 0 amide bonds. The zero-order chi connectivity index (χ0) is 15.2. The molecule has 1 N–H and O–H groups in total. The number of nitrogens with zero attached hydrogens (tertiary/aromatic N) is 2. The van der Waals surface area contributed by atoms with Crippen LogP contribution in [0.15, 0.2) is 30.5 Å². The molecule has 2 aromatic rings. The van der Waals surface area contributed by atoms with Gasteiger partial charge in [0.2, 0.25) is 0 Å². The van der Waals surface area contributed by atoms with E-state index >= 15 is 0 Å². The van der Waals surface area contributed by atoms with Crippen LogP contribution in [0, 0.1) is 5.82 Å². The summed E-state index contributed by atoms with van der Waals surface area (Å²) in [7, 11) is 1.64. The van der Waals surface area contributed by atoms with Crippen LogP contribution < -0.4 is 10.1 Å². The van der Waals surface area contributed by atoms with Gasteiger partial charge < -0.3 is 10.1 Å². The van der Waals surface area contributed by atoms with E-state index in [4.69, 9.17) is 4.74 Å². The molecule has 21 heavy (non-hydrogen) atoms. The minimum atomic E-state index is -0.232. The quantitative estimate of drug-likeness (QED) is 0.852. The predicted molar refractivity (Wildman–Crippen MR) is 81.0 cm³/mol. The van der Waals surface area contributed by atoms with E-state index in [1.807, 2.05) is 11.6 Å². The topological polar surface area (TPSA) is 39.1 Å². The molecule has 1 atom stereocenters. The third kappa shape index (κ3) is 3.42. The number of nitrogens with one attached hydrogen (secondary N) is 1. The molecule has 0 saturated carbocycles. The normalized spacial score (nSPS) is 12.4. The van der Waals surface area contributed by atoms with Gasteiger partial charge in [-0.25, -0.2) is 4.39 Å². The number of benzene rings is 1. The van der Waals surface area contributed by atoms with E-state index < -0.39 is 0 Å². The fourth-order valence-electron chi connectivity index (χ4n) is 2.39. The van der Waals surface area contributed by atoms with E-state index in [0.717, 1.165) is 36.5 Å². The standard InChI is InChI=1S/C16H22FN3O/c1-4-10-18-15(12-6-8-13(17)9-7-12)16-14(21-3)11-19-20(16)5-2/h6-9,11,15,18H,4-5,10H2,1-3H3. The summed E-state index contributed by atoms with van der Waals surface area (Å²) in [4.78, 5) is 0. The number of aryl methyl sites for hydroxylation is 1. The molecule has 114 valence electrons. The van der Waals surface area contributed by atoms with Crippen molar-refractivity contribution in [2.45, 2.75) is 32.9 Å². The zero-order valence-corrected chi connectivity index (χ0v) is 12.8. The number of hydrogen-bond acceptors (Lipinski definition) is 3. The summed E-state index contributed by atoms with van der Waals surface area (Å²) >= 11 is 0. The van der Waals surface area contributed by atoms with E-state index in [0.29, 0.717) is 0 Å². The minimum Gasteiger partial charge on any atom is -0.493 e. The van der Waals surface area contributed by atoms with Crippen molar-refractivity contribution in [1.82, 2.24) is 15.1 Å². The van der Waals surface area contributed by atoms with Crippen LogP contribution in [-0.2, 0) is 6.54 Å². The van der Waals surface area contributed by atoms with E-state index in [2.05, 4.69) is 17.3 Å². The largest absolute Gasteiger partial charge is 0.493 e. The number of rotatable bonds is 7. The molecule has 2 rings (SSSR count). The molecule has 4 nitrogen and oxygen atoms in total. The molecule has 1 aromatic heterocycles. The zero-order valence-electron chi connectivity index (χ0n) is 12.8. The van der Waals surface area contributed by atoms with Crippen LogP contribution in [0.4, 0.5) is 4.39 Å². The van der Waals surface area contributed by atoms with E-state index in [-0.39, 0.29) is 11.9 Å². The van der Waals surface area contributed by atoms with Crippen molar-refractivity contribution in [3.05, 3.63) is 47.5 Å². The molecule has 0 radical (unpaired) electrons. The van der Waals surface area contributed by atoms with Crippen molar-refractivity contribution in [2.75, 3.05) is 13.7 Å². The Labute approximate surface area is 124 Å². The summed E-state index contributed by atoms with van der Waals surface area (Å²) in [5, 5.41) is 7.85. The average Bonchev–Trinajstić information content (AvgIpc) is 2.92. The summed E-state index contributed by atoms with van der Waals surface area (Å²) in [6, 6.07) is 6.50. The van der Waals surface area contributed by atoms with Gasteiger partial charge >= 0.3 is 0 Å². The monoisotopic (exact) mass is 291 g/mol. The van der Waals surface area contributed by atoms with Crippen molar-refractivity contribution < 1.29 is 9.13 Å². The second-order valence-electron chi connectivity index (χ2n) is 4.85. The fraction of sp³-hybridized carbons (Fsp3) is 0.438. The molecule has 0 aliphatic heterocycles. The van der Waals surface area contributed by atoms with Gasteiger partial charge in [-0.1, -0.05) is 19.1 Å². The van der Waals surface area contributed by atoms with Gasteiger partial charge in [-0.05, 0) is 37.6 Å². The molecule has 0 aliphatic carbocycles. The highest BCUT2D eigenvalue weighted by atomic mass is 19.1. The molecule has 0 aliphatic rings. The van der Waals surface area contributed by atoms with Crippen LogP contribution in [0.2, 0.25) is 0 Å². The molecular formula is C16H22FN3O. The Morgan fingerprint density at radius 3 is 2.57 bits per heavy atom. The van der Waals surface area contributed by atoms with Crippen LogP contribution in [0.1, 0.15) is 37.6 Å². The highest BCUT2D eigenvalue weighted by Crippen LogP contribution is 2.30. The summed E-state index contributed by atoms with van der Waals surface area (Å²) in [5.74, 6) is 0.513. The summed E-state index contributed by atoms with van der Waals surface area (Å²) in [5.41, 5.74) is 1.97. The number of halogens is 1. The number of aromatic nitrogens is 2. The van der Waals surface area contributed by atoms with Crippen LogP contribution in [0.25, 0.3) is 0 Å². The van der Waals surface area contributed by atoms with Gasteiger partial charge in [-0.2, -0.15) is 5.10 Å². The lowest BCUT2D eigenvalue weighted by Crippen LogP contribution is -2.26. The molecular weight excluding hydrogens is 269 g/mol. The molecule has 0 fully saturated rings. The SMILES string of the molecule is CCCNC(c1ccc(F)cc1)c1c(OC)cnn1CC. The first kappa shape index (κ1) is 15.5. The molecule has 1 heterocycles. The maximum Gasteiger partial charge on any atom is 0.161 e.